The Balaban J connectivity index is 1.19. The smallest absolute Gasteiger partial charge is 0.329 e. The van der Waals surface area contributed by atoms with E-state index >= 15 is 0 Å². The molecule has 4 amide bonds. The third-order valence-electron chi connectivity index (χ3n) is 8.56. The molecule has 3 aromatic rings. The molecule has 2 fully saturated rings. The van der Waals surface area contributed by atoms with Crippen LogP contribution in [0.3, 0.4) is 0 Å². The van der Waals surface area contributed by atoms with Crippen LogP contribution < -0.4 is 5.32 Å². The van der Waals surface area contributed by atoms with E-state index in [0.29, 0.717) is 37.4 Å². The van der Waals surface area contributed by atoms with Gasteiger partial charge in [0.1, 0.15) is 5.82 Å². The summed E-state index contributed by atoms with van der Waals surface area (Å²) in [5.41, 5.74) is 2.50. The van der Waals surface area contributed by atoms with Crippen LogP contribution in [-0.2, 0) is 0 Å². The molecule has 3 aromatic carbocycles. The Morgan fingerprint density at radius 1 is 0.881 bits per heavy atom. The minimum absolute atomic E-state index is 0.223. The summed E-state index contributed by atoms with van der Waals surface area (Å²) in [6.07, 6.45) is 3.08. The molecule has 222 valence electrons. The van der Waals surface area contributed by atoms with E-state index in [2.05, 4.69) is 10.2 Å². The number of benzene rings is 3. The van der Waals surface area contributed by atoms with Gasteiger partial charge in [0.2, 0.25) is 0 Å². The maximum absolute atomic E-state index is 14.1. The zero-order valence-corrected chi connectivity index (χ0v) is 23.8. The van der Waals surface area contributed by atoms with Crippen LogP contribution in [-0.4, -0.2) is 59.5 Å². The number of hydrogen-bond donors (Lipinski definition) is 1. The monoisotopic (exact) mass is 578 g/mol. The van der Waals surface area contributed by atoms with Crippen molar-refractivity contribution in [2.75, 3.05) is 32.7 Å². The largest absolute Gasteiger partial charge is 0.338 e. The Hall–Kier alpha value is -3.85. The molecule has 0 radical (unpaired) electrons. The van der Waals surface area contributed by atoms with Gasteiger partial charge in [-0.25, -0.2) is 27.7 Å². The molecule has 42 heavy (non-hydrogen) atoms. The molecule has 0 bridgehead atoms. The lowest BCUT2D eigenvalue weighted by atomic mass is 9.89. The highest BCUT2D eigenvalue weighted by molar-refractivity contribution is 5.95. The molecule has 1 N–H and O–H groups in total. The van der Waals surface area contributed by atoms with Crippen LogP contribution in [0.5, 0.6) is 0 Å². The van der Waals surface area contributed by atoms with Crippen molar-refractivity contribution in [3.05, 3.63) is 107 Å². The third-order valence-corrected chi connectivity index (χ3v) is 8.56. The summed E-state index contributed by atoms with van der Waals surface area (Å²) in [5.74, 6) is -1.79. The van der Waals surface area contributed by atoms with Crippen LogP contribution in [0.4, 0.5) is 22.8 Å². The first-order chi connectivity index (χ1) is 20.3. The number of hydrogen-bond acceptors (Lipinski definition) is 3. The van der Waals surface area contributed by atoms with Crippen LogP contribution in [0, 0.1) is 17.5 Å². The van der Waals surface area contributed by atoms with Crippen molar-refractivity contribution in [2.24, 2.45) is 0 Å². The molecule has 6 nitrogen and oxygen atoms in total. The maximum Gasteiger partial charge on any atom is 0.329 e. The van der Waals surface area contributed by atoms with Crippen LogP contribution in [0.2, 0.25) is 0 Å². The molecular formula is C33H37F3N4O2. The average molecular weight is 579 g/mol. The fourth-order valence-corrected chi connectivity index (χ4v) is 6.10. The van der Waals surface area contributed by atoms with Gasteiger partial charge in [0, 0.05) is 13.1 Å². The molecule has 2 saturated heterocycles. The van der Waals surface area contributed by atoms with Crippen molar-refractivity contribution >= 4 is 12.1 Å². The average Bonchev–Trinajstić information content (AvgIpc) is 3.01. The lowest BCUT2D eigenvalue weighted by Gasteiger charge is -2.43. The van der Waals surface area contributed by atoms with E-state index in [0.717, 1.165) is 55.1 Å². The minimum Gasteiger partial charge on any atom is -0.338 e. The quantitative estimate of drug-likeness (QED) is 0.293. The molecule has 0 spiro atoms. The number of carbonyl (C=O) groups excluding carboxylic acids is 2. The molecule has 2 aliphatic rings. The van der Waals surface area contributed by atoms with Crippen LogP contribution >= 0.6 is 0 Å². The minimum atomic E-state index is -1.01. The van der Waals surface area contributed by atoms with Gasteiger partial charge in [0.05, 0.1) is 12.1 Å². The lowest BCUT2D eigenvalue weighted by Crippen LogP contribution is -2.56. The Morgan fingerprint density at radius 2 is 1.57 bits per heavy atom. The van der Waals surface area contributed by atoms with Gasteiger partial charge < -0.3 is 15.1 Å². The molecule has 2 aliphatic heterocycles. The van der Waals surface area contributed by atoms with Gasteiger partial charge in [0.25, 0.3) is 0 Å². The highest BCUT2D eigenvalue weighted by atomic mass is 19.2. The Kier molecular flexibility index (Phi) is 9.47. The van der Waals surface area contributed by atoms with E-state index in [1.165, 1.54) is 23.8 Å². The van der Waals surface area contributed by atoms with Crippen LogP contribution in [0.25, 0.3) is 0 Å². The summed E-state index contributed by atoms with van der Waals surface area (Å²) in [5, 5.41) is 2.90. The molecule has 0 aliphatic carbocycles. The lowest BCUT2D eigenvalue weighted by molar-refractivity contribution is 0.0944. The summed E-state index contributed by atoms with van der Waals surface area (Å²) in [7, 11) is 0. The Bertz CT molecular complexity index is 1360. The van der Waals surface area contributed by atoms with E-state index in [4.69, 9.17) is 0 Å². The molecule has 1 unspecified atom stereocenters. The van der Waals surface area contributed by atoms with E-state index in [1.54, 1.807) is 4.90 Å². The van der Waals surface area contributed by atoms with Crippen LogP contribution in [0.1, 0.15) is 67.3 Å². The van der Waals surface area contributed by atoms with Crippen molar-refractivity contribution in [3.63, 3.8) is 0 Å². The zero-order valence-electron chi connectivity index (χ0n) is 23.8. The van der Waals surface area contributed by atoms with Gasteiger partial charge in [-0.05, 0) is 99.1 Å². The molecule has 0 aromatic heterocycles. The second-order valence-electron chi connectivity index (χ2n) is 11.2. The number of amides is 4. The number of carbonyl (C=O) groups is 2. The van der Waals surface area contributed by atoms with Gasteiger partial charge in [-0.3, -0.25) is 0 Å². The van der Waals surface area contributed by atoms with Crippen molar-refractivity contribution in [3.8, 4) is 0 Å². The zero-order chi connectivity index (χ0) is 29.6. The summed E-state index contributed by atoms with van der Waals surface area (Å²) >= 11 is 0. The predicted molar refractivity (Wildman–Crippen MR) is 155 cm³/mol. The summed E-state index contributed by atoms with van der Waals surface area (Å²) in [6, 6.07) is 17.9. The predicted octanol–water partition coefficient (Wildman–Crippen LogP) is 7.01. The maximum atomic E-state index is 14.1. The van der Waals surface area contributed by atoms with Gasteiger partial charge >= 0.3 is 12.1 Å². The topological polar surface area (TPSA) is 55.9 Å². The molecule has 2 heterocycles. The van der Waals surface area contributed by atoms with E-state index in [1.807, 2.05) is 49.4 Å². The Labute approximate surface area is 245 Å². The Morgan fingerprint density at radius 3 is 2.26 bits per heavy atom. The number of urea groups is 2. The van der Waals surface area contributed by atoms with Gasteiger partial charge in [-0.15, -0.1) is 0 Å². The fourth-order valence-electron chi connectivity index (χ4n) is 6.10. The summed E-state index contributed by atoms with van der Waals surface area (Å²) in [6.45, 7) is 5.31. The first-order valence-electron chi connectivity index (χ1n) is 14.7. The van der Waals surface area contributed by atoms with Crippen molar-refractivity contribution < 1.29 is 22.8 Å². The third kappa shape index (κ3) is 6.78. The first kappa shape index (κ1) is 29.6. The summed E-state index contributed by atoms with van der Waals surface area (Å²) in [4.78, 5) is 32.4. The van der Waals surface area contributed by atoms with Crippen molar-refractivity contribution in [1.29, 1.82) is 0 Å². The number of imide groups is 1. The number of nitrogens with one attached hydrogen (secondary N) is 1. The molecule has 9 heteroatoms. The normalized spacial score (nSPS) is 19.1. The van der Waals surface area contributed by atoms with Gasteiger partial charge in [-0.1, -0.05) is 48.5 Å². The highest BCUT2D eigenvalue weighted by Gasteiger charge is 2.40. The van der Waals surface area contributed by atoms with E-state index < -0.39 is 29.7 Å². The molecule has 2 atom stereocenters. The van der Waals surface area contributed by atoms with Crippen LogP contribution in [0.15, 0.2) is 72.8 Å². The van der Waals surface area contributed by atoms with Gasteiger partial charge in [-0.2, -0.15) is 0 Å². The second-order valence-corrected chi connectivity index (χ2v) is 11.2. The van der Waals surface area contributed by atoms with E-state index in [9.17, 15) is 22.8 Å². The van der Waals surface area contributed by atoms with Gasteiger partial charge in [0.15, 0.2) is 11.6 Å². The SMILES string of the molecule is C[C@H](c1ccccc1)N1CCC(c2ccc(F)c(F)c2)N(C(=O)NCCCN2CCC(c3ccc(F)cc3)CC2)C1=O. The fraction of sp³-hybridized carbons (Fsp3) is 0.394. The van der Waals surface area contributed by atoms with Crippen molar-refractivity contribution in [2.45, 2.75) is 50.6 Å². The molecular weight excluding hydrogens is 541 g/mol. The first-order valence-corrected chi connectivity index (χ1v) is 14.7. The number of rotatable bonds is 8. The standard InChI is InChI=1S/C33H37F3N4O2/c1-23(24-6-3-2-4-7-24)39-21-16-31(27-10-13-29(35)30(36)22-27)40(33(39)42)32(41)37-17-5-18-38-19-14-26(15-20-38)25-8-11-28(34)12-9-25/h2-4,6-13,22-23,26,31H,5,14-21H2,1H3,(H,37,41)/t23-,31?/m1/s1. The summed E-state index contributed by atoms with van der Waals surface area (Å²) < 4.78 is 41.1. The molecule has 0 saturated carbocycles. The number of nitrogens with zero attached hydrogens (tertiary/aromatic N) is 3. The second kappa shape index (κ2) is 13.4. The number of halogens is 3. The highest BCUT2D eigenvalue weighted by Crippen LogP contribution is 2.35. The van der Waals surface area contributed by atoms with E-state index in [-0.39, 0.29) is 11.9 Å². The number of likely N-dealkylation sites (tertiary alicyclic amines) is 1. The van der Waals surface area contributed by atoms with Crippen molar-refractivity contribution in [1.82, 2.24) is 20.0 Å². The molecule has 5 rings (SSSR count). The number of piperidine rings is 1.